The number of nitrogens with zero attached hydrogens (tertiary/aromatic N) is 1. The van der Waals surface area contributed by atoms with Crippen molar-refractivity contribution >= 4 is 42.1 Å². The lowest BCUT2D eigenvalue weighted by atomic mass is 9.84. The molecule has 2 aliphatic rings. The summed E-state index contributed by atoms with van der Waals surface area (Å²) >= 11 is 0. The van der Waals surface area contributed by atoms with Crippen LogP contribution in [0.2, 0.25) is 0 Å². The first-order valence-electron chi connectivity index (χ1n) is 9.97. The lowest BCUT2D eigenvalue weighted by Gasteiger charge is -2.29. The van der Waals surface area contributed by atoms with Crippen LogP contribution in [0.15, 0.2) is 24.3 Å². The molecular formula is C21H35Cl2N3O. The Morgan fingerprint density at radius 2 is 1.78 bits per heavy atom. The van der Waals surface area contributed by atoms with Crippen LogP contribution in [0.3, 0.4) is 0 Å². The quantitative estimate of drug-likeness (QED) is 0.695. The molecule has 0 aromatic heterocycles. The van der Waals surface area contributed by atoms with Gasteiger partial charge in [-0.2, -0.15) is 0 Å². The Morgan fingerprint density at radius 1 is 1.15 bits per heavy atom. The zero-order chi connectivity index (χ0) is 17.6. The van der Waals surface area contributed by atoms with Gasteiger partial charge < -0.3 is 15.5 Å². The molecule has 1 saturated carbocycles. The Labute approximate surface area is 176 Å². The molecule has 0 bridgehead atoms. The molecule has 154 valence electrons. The van der Waals surface area contributed by atoms with Crippen molar-refractivity contribution in [2.24, 2.45) is 11.8 Å². The Kier molecular flexibility index (Phi) is 10.5. The third-order valence-electron chi connectivity index (χ3n) is 6.13. The molecule has 1 saturated heterocycles. The highest BCUT2D eigenvalue weighted by Gasteiger charge is 2.24. The first-order chi connectivity index (χ1) is 12.1. The van der Waals surface area contributed by atoms with E-state index in [0.29, 0.717) is 24.3 Å². The Bertz CT molecular complexity index is 572. The Balaban J connectivity index is 0.00000182. The third kappa shape index (κ3) is 6.55. The Hall–Kier alpha value is -0.970. The molecule has 4 nitrogen and oxygen atoms in total. The largest absolute Gasteiger partial charge is 0.370 e. The maximum Gasteiger partial charge on any atom is 0.224 e. The summed E-state index contributed by atoms with van der Waals surface area (Å²) in [6, 6.07) is 8.84. The minimum Gasteiger partial charge on any atom is -0.370 e. The predicted molar refractivity (Wildman–Crippen MR) is 120 cm³/mol. The van der Waals surface area contributed by atoms with Crippen LogP contribution in [-0.2, 0) is 4.79 Å². The summed E-state index contributed by atoms with van der Waals surface area (Å²) in [6.07, 6.45) is 8.14. The zero-order valence-corrected chi connectivity index (χ0v) is 18.2. The Morgan fingerprint density at radius 3 is 2.44 bits per heavy atom. The van der Waals surface area contributed by atoms with Crippen LogP contribution >= 0.6 is 24.8 Å². The minimum absolute atomic E-state index is 0. The van der Waals surface area contributed by atoms with E-state index in [1.807, 2.05) is 12.1 Å². The number of piperidine rings is 1. The van der Waals surface area contributed by atoms with E-state index in [0.717, 1.165) is 24.5 Å². The van der Waals surface area contributed by atoms with Gasteiger partial charge in [0.15, 0.2) is 0 Å². The second-order valence-electron chi connectivity index (χ2n) is 7.88. The lowest BCUT2D eigenvalue weighted by Crippen LogP contribution is -2.32. The van der Waals surface area contributed by atoms with E-state index in [1.54, 1.807) is 0 Å². The van der Waals surface area contributed by atoms with Crippen LogP contribution in [0.4, 0.5) is 11.4 Å². The summed E-state index contributed by atoms with van der Waals surface area (Å²) in [7, 11) is 2.17. The van der Waals surface area contributed by atoms with Gasteiger partial charge in [-0.25, -0.2) is 0 Å². The van der Waals surface area contributed by atoms with Gasteiger partial charge in [0, 0.05) is 19.5 Å². The number of rotatable bonds is 6. The summed E-state index contributed by atoms with van der Waals surface area (Å²) in [5, 5.41) is 6.59. The standard InChI is InChI=1S/C21H33N3O.2ClH/c1-16(17-11-13-22-14-12-17)15-21(25)23-19-9-5-6-10-20(19)24(2)18-7-3-4-8-18;;/h5-6,9-10,16-18,22H,3-4,7-8,11-15H2,1-2H3,(H,23,25);2*1H. The highest BCUT2D eigenvalue weighted by molar-refractivity contribution is 5.94. The SMILES string of the molecule is CC(CC(=O)Nc1ccccc1N(C)C1CCCC1)C1CCNCC1.Cl.Cl. The van der Waals surface area contributed by atoms with Crippen LogP contribution < -0.4 is 15.5 Å². The molecule has 0 spiro atoms. The van der Waals surface area contributed by atoms with E-state index in [1.165, 1.54) is 38.5 Å². The summed E-state index contributed by atoms with van der Waals surface area (Å²) in [6.45, 7) is 4.41. The van der Waals surface area contributed by atoms with Gasteiger partial charge in [-0.15, -0.1) is 24.8 Å². The predicted octanol–water partition coefficient (Wildman–Crippen LogP) is 4.87. The number of para-hydroxylation sites is 2. The fourth-order valence-corrected chi connectivity index (χ4v) is 4.45. The van der Waals surface area contributed by atoms with Crippen molar-refractivity contribution < 1.29 is 4.79 Å². The summed E-state index contributed by atoms with van der Waals surface area (Å²) in [5.41, 5.74) is 2.11. The highest BCUT2D eigenvalue weighted by Crippen LogP contribution is 2.32. The van der Waals surface area contributed by atoms with Crippen LogP contribution in [0.1, 0.15) is 51.9 Å². The number of hydrogen-bond acceptors (Lipinski definition) is 3. The molecule has 27 heavy (non-hydrogen) atoms. The van der Waals surface area contributed by atoms with Gasteiger partial charge in [0.25, 0.3) is 0 Å². The van der Waals surface area contributed by atoms with Crippen molar-refractivity contribution in [2.75, 3.05) is 30.4 Å². The number of hydrogen-bond donors (Lipinski definition) is 2. The maximum absolute atomic E-state index is 12.6. The topological polar surface area (TPSA) is 44.4 Å². The minimum atomic E-state index is 0. The van der Waals surface area contributed by atoms with Crippen molar-refractivity contribution in [3.63, 3.8) is 0 Å². The molecule has 1 aliphatic carbocycles. The van der Waals surface area contributed by atoms with E-state index in [4.69, 9.17) is 0 Å². The maximum atomic E-state index is 12.6. The fraction of sp³-hybridized carbons (Fsp3) is 0.667. The van der Waals surface area contributed by atoms with Gasteiger partial charge in [0.2, 0.25) is 5.91 Å². The van der Waals surface area contributed by atoms with Crippen LogP contribution in [0, 0.1) is 11.8 Å². The van der Waals surface area contributed by atoms with Crippen LogP contribution in [-0.4, -0.2) is 32.1 Å². The monoisotopic (exact) mass is 415 g/mol. The second-order valence-corrected chi connectivity index (χ2v) is 7.88. The summed E-state index contributed by atoms with van der Waals surface area (Å²) in [4.78, 5) is 15.0. The summed E-state index contributed by atoms with van der Waals surface area (Å²) < 4.78 is 0. The molecule has 1 unspecified atom stereocenters. The molecule has 1 aromatic rings. The van der Waals surface area contributed by atoms with Gasteiger partial charge in [0.1, 0.15) is 0 Å². The number of carbonyl (C=O) groups is 1. The first-order valence-corrected chi connectivity index (χ1v) is 9.97. The van der Waals surface area contributed by atoms with Gasteiger partial charge in [0.05, 0.1) is 11.4 Å². The van der Waals surface area contributed by atoms with Gasteiger partial charge in [-0.05, 0) is 62.7 Å². The average Bonchev–Trinajstić information content (AvgIpc) is 3.17. The smallest absolute Gasteiger partial charge is 0.224 e. The van der Waals surface area contributed by atoms with Crippen LogP contribution in [0.5, 0.6) is 0 Å². The third-order valence-corrected chi connectivity index (χ3v) is 6.13. The van der Waals surface area contributed by atoms with Crippen molar-refractivity contribution in [1.82, 2.24) is 5.32 Å². The number of carbonyl (C=O) groups excluding carboxylic acids is 1. The van der Waals surface area contributed by atoms with E-state index in [-0.39, 0.29) is 30.7 Å². The van der Waals surface area contributed by atoms with Crippen LogP contribution in [0.25, 0.3) is 0 Å². The van der Waals surface area contributed by atoms with Gasteiger partial charge in [-0.1, -0.05) is 31.9 Å². The summed E-state index contributed by atoms with van der Waals surface area (Å²) in [5.74, 6) is 1.27. The molecule has 0 radical (unpaired) electrons. The molecule has 1 aromatic carbocycles. The van der Waals surface area contributed by atoms with Crippen molar-refractivity contribution in [3.05, 3.63) is 24.3 Å². The molecule has 2 N–H and O–H groups in total. The second kappa shape index (κ2) is 11.8. The molecular weight excluding hydrogens is 381 g/mol. The van der Waals surface area contributed by atoms with Crippen molar-refractivity contribution in [2.45, 2.75) is 57.9 Å². The fourth-order valence-electron chi connectivity index (χ4n) is 4.45. The molecule has 3 rings (SSSR count). The number of amides is 1. The van der Waals surface area contributed by atoms with Crippen molar-refractivity contribution in [1.29, 1.82) is 0 Å². The van der Waals surface area contributed by atoms with Gasteiger partial charge >= 0.3 is 0 Å². The normalized spacial score (nSPS) is 18.9. The molecule has 6 heteroatoms. The average molecular weight is 416 g/mol. The number of nitrogens with one attached hydrogen (secondary N) is 2. The molecule has 1 heterocycles. The molecule has 1 amide bonds. The van der Waals surface area contributed by atoms with E-state index >= 15 is 0 Å². The van der Waals surface area contributed by atoms with E-state index < -0.39 is 0 Å². The van der Waals surface area contributed by atoms with E-state index in [2.05, 4.69) is 41.6 Å². The number of benzene rings is 1. The zero-order valence-electron chi connectivity index (χ0n) is 16.6. The molecule has 1 atom stereocenters. The van der Waals surface area contributed by atoms with E-state index in [9.17, 15) is 4.79 Å². The highest BCUT2D eigenvalue weighted by atomic mass is 35.5. The molecule has 2 fully saturated rings. The lowest BCUT2D eigenvalue weighted by molar-refractivity contribution is -0.117. The van der Waals surface area contributed by atoms with Crippen molar-refractivity contribution in [3.8, 4) is 0 Å². The molecule has 1 aliphatic heterocycles. The van der Waals surface area contributed by atoms with Gasteiger partial charge in [-0.3, -0.25) is 4.79 Å². The number of anilines is 2. The number of halogens is 2. The first kappa shape index (κ1) is 24.1.